The maximum absolute atomic E-state index is 5.66. The van der Waals surface area contributed by atoms with Crippen LogP contribution in [0.5, 0.6) is 5.75 Å². The predicted molar refractivity (Wildman–Crippen MR) is 68.0 cm³/mol. The number of methoxy groups -OCH3 is 1. The van der Waals surface area contributed by atoms with Crippen molar-refractivity contribution in [1.29, 1.82) is 0 Å². The van der Waals surface area contributed by atoms with Gasteiger partial charge < -0.3 is 15.4 Å². The molecule has 1 rings (SSSR count). The van der Waals surface area contributed by atoms with E-state index in [4.69, 9.17) is 10.5 Å². The topological polar surface area (TPSA) is 38.5 Å². The summed E-state index contributed by atoms with van der Waals surface area (Å²) in [5, 5.41) is 0. The molecule has 0 bridgehead atoms. The van der Waals surface area contributed by atoms with Crippen LogP contribution in [0.3, 0.4) is 0 Å². The molecule has 0 aromatic heterocycles. The van der Waals surface area contributed by atoms with Gasteiger partial charge in [-0.3, -0.25) is 0 Å². The van der Waals surface area contributed by atoms with E-state index in [0.29, 0.717) is 5.92 Å². The first-order chi connectivity index (χ1) is 7.67. The fourth-order valence-electron chi connectivity index (χ4n) is 1.90. The van der Waals surface area contributed by atoms with Gasteiger partial charge in [0.2, 0.25) is 0 Å². The number of ether oxygens (including phenoxy) is 1. The lowest BCUT2D eigenvalue weighted by molar-refractivity contribution is 0.363. The van der Waals surface area contributed by atoms with Crippen molar-refractivity contribution in [2.75, 3.05) is 34.3 Å². The number of hydrogen-bond donors (Lipinski definition) is 1. The SMILES string of the molecule is COc1cccc(C(CCN)CN(C)C)c1. The maximum atomic E-state index is 5.66. The molecule has 1 atom stereocenters. The highest BCUT2D eigenvalue weighted by Crippen LogP contribution is 2.23. The second-order valence-corrected chi connectivity index (χ2v) is 4.31. The molecule has 1 unspecified atom stereocenters. The maximum Gasteiger partial charge on any atom is 0.119 e. The number of hydrogen-bond acceptors (Lipinski definition) is 3. The standard InChI is InChI=1S/C13H22N2O/c1-15(2)10-12(7-8-14)11-5-4-6-13(9-11)16-3/h4-6,9,12H,7-8,10,14H2,1-3H3. The Morgan fingerprint density at radius 1 is 1.38 bits per heavy atom. The number of rotatable bonds is 6. The lowest BCUT2D eigenvalue weighted by Crippen LogP contribution is -2.22. The molecule has 0 aliphatic heterocycles. The van der Waals surface area contributed by atoms with E-state index in [2.05, 4.69) is 31.1 Å². The predicted octanol–water partition coefficient (Wildman–Crippen LogP) is 1.69. The zero-order valence-electron chi connectivity index (χ0n) is 10.4. The molecule has 0 radical (unpaired) electrons. The highest BCUT2D eigenvalue weighted by Gasteiger charge is 2.12. The summed E-state index contributed by atoms with van der Waals surface area (Å²) in [6.07, 6.45) is 1.01. The quantitative estimate of drug-likeness (QED) is 0.796. The van der Waals surface area contributed by atoms with Gasteiger partial charge >= 0.3 is 0 Å². The number of benzene rings is 1. The summed E-state index contributed by atoms with van der Waals surface area (Å²) in [6, 6.07) is 8.25. The van der Waals surface area contributed by atoms with Crippen molar-refractivity contribution >= 4 is 0 Å². The Balaban J connectivity index is 2.82. The van der Waals surface area contributed by atoms with Crippen LogP contribution in [-0.4, -0.2) is 39.2 Å². The zero-order valence-corrected chi connectivity index (χ0v) is 10.4. The molecule has 1 aromatic carbocycles. The third kappa shape index (κ3) is 3.83. The first-order valence-electron chi connectivity index (χ1n) is 5.66. The number of nitrogens with two attached hydrogens (primary N) is 1. The van der Waals surface area contributed by atoms with Gasteiger partial charge in [-0.2, -0.15) is 0 Å². The fourth-order valence-corrected chi connectivity index (χ4v) is 1.90. The minimum absolute atomic E-state index is 0.482. The molecule has 0 saturated heterocycles. The Morgan fingerprint density at radius 3 is 2.69 bits per heavy atom. The average molecular weight is 222 g/mol. The van der Waals surface area contributed by atoms with Crippen LogP contribution < -0.4 is 10.5 Å². The van der Waals surface area contributed by atoms with Crippen LogP contribution in [0.15, 0.2) is 24.3 Å². The van der Waals surface area contributed by atoms with E-state index in [0.717, 1.165) is 25.3 Å². The molecule has 0 saturated carbocycles. The molecule has 0 aliphatic carbocycles. The monoisotopic (exact) mass is 222 g/mol. The molecule has 16 heavy (non-hydrogen) atoms. The smallest absolute Gasteiger partial charge is 0.119 e. The molecule has 0 heterocycles. The van der Waals surface area contributed by atoms with Gasteiger partial charge in [-0.1, -0.05) is 12.1 Å². The molecule has 0 aliphatic rings. The molecule has 1 aromatic rings. The fraction of sp³-hybridized carbons (Fsp3) is 0.538. The van der Waals surface area contributed by atoms with Crippen molar-refractivity contribution in [3.8, 4) is 5.75 Å². The Bertz CT molecular complexity index is 313. The van der Waals surface area contributed by atoms with Crippen LogP contribution in [0, 0.1) is 0 Å². The lowest BCUT2D eigenvalue weighted by atomic mass is 9.95. The normalized spacial score (nSPS) is 12.8. The third-order valence-electron chi connectivity index (χ3n) is 2.67. The summed E-state index contributed by atoms with van der Waals surface area (Å²) in [4.78, 5) is 2.19. The minimum atomic E-state index is 0.482. The molecular formula is C13H22N2O. The van der Waals surface area contributed by atoms with E-state index >= 15 is 0 Å². The van der Waals surface area contributed by atoms with E-state index in [9.17, 15) is 0 Å². The number of likely N-dealkylation sites (N-methyl/N-ethyl adjacent to an activating group) is 1. The summed E-state index contributed by atoms with van der Waals surface area (Å²) in [5.74, 6) is 1.40. The van der Waals surface area contributed by atoms with E-state index in [1.54, 1.807) is 7.11 Å². The molecule has 0 fully saturated rings. The van der Waals surface area contributed by atoms with Crippen molar-refractivity contribution in [2.45, 2.75) is 12.3 Å². The minimum Gasteiger partial charge on any atom is -0.497 e. The Labute approximate surface area is 98.2 Å². The van der Waals surface area contributed by atoms with Crippen molar-refractivity contribution in [1.82, 2.24) is 4.90 Å². The summed E-state index contributed by atoms with van der Waals surface area (Å²) in [5.41, 5.74) is 6.97. The summed E-state index contributed by atoms with van der Waals surface area (Å²) in [7, 11) is 5.87. The van der Waals surface area contributed by atoms with E-state index in [-0.39, 0.29) is 0 Å². The van der Waals surface area contributed by atoms with Gasteiger partial charge in [0, 0.05) is 6.54 Å². The molecule has 90 valence electrons. The second-order valence-electron chi connectivity index (χ2n) is 4.31. The molecular weight excluding hydrogens is 200 g/mol. The lowest BCUT2D eigenvalue weighted by Gasteiger charge is -2.21. The summed E-state index contributed by atoms with van der Waals surface area (Å²) in [6.45, 7) is 1.74. The van der Waals surface area contributed by atoms with Gasteiger partial charge in [-0.15, -0.1) is 0 Å². The van der Waals surface area contributed by atoms with Gasteiger partial charge in [0.05, 0.1) is 7.11 Å². The van der Waals surface area contributed by atoms with Crippen molar-refractivity contribution in [3.05, 3.63) is 29.8 Å². The van der Waals surface area contributed by atoms with Crippen LogP contribution in [-0.2, 0) is 0 Å². The highest BCUT2D eigenvalue weighted by molar-refractivity contribution is 5.31. The van der Waals surface area contributed by atoms with E-state index < -0.39 is 0 Å². The van der Waals surface area contributed by atoms with Crippen LogP contribution in [0.25, 0.3) is 0 Å². The molecule has 0 spiro atoms. The molecule has 2 N–H and O–H groups in total. The van der Waals surface area contributed by atoms with Gasteiger partial charge in [-0.05, 0) is 50.7 Å². The van der Waals surface area contributed by atoms with Crippen LogP contribution in [0.1, 0.15) is 17.9 Å². The summed E-state index contributed by atoms with van der Waals surface area (Å²) < 4.78 is 5.24. The average Bonchev–Trinajstić information content (AvgIpc) is 2.28. The van der Waals surface area contributed by atoms with E-state index in [1.807, 2.05) is 12.1 Å². The van der Waals surface area contributed by atoms with Gasteiger partial charge in [0.25, 0.3) is 0 Å². The second kappa shape index (κ2) is 6.51. The van der Waals surface area contributed by atoms with Gasteiger partial charge in [-0.25, -0.2) is 0 Å². The van der Waals surface area contributed by atoms with Gasteiger partial charge in [0.1, 0.15) is 5.75 Å². The van der Waals surface area contributed by atoms with Crippen LogP contribution >= 0.6 is 0 Å². The molecule has 3 heteroatoms. The Morgan fingerprint density at radius 2 is 2.12 bits per heavy atom. The highest BCUT2D eigenvalue weighted by atomic mass is 16.5. The van der Waals surface area contributed by atoms with Crippen LogP contribution in [0.4, 0.5) is 0 Å². The van der Waals surface area contributed by atoms with Crippen molar-refractivity contribution in [3.63, 3.8) is 0 Å². The van der Waals surface area contributed by atoms with E-state index in [1.165, 1.54) is 5.56 Å². The zero-order chi connectivity index (χ0) is 12.0. The first kappa shape index (κ1) is 13.0. The van der Waals surface area contributed by atoms with Crippen LogP contribution in [0.2, 0.25) is 0 Å². The largest absolute Gasteiger partial charge is 0.497 e. The van der Waals surface area contributed by atoms with Gasteiger partial charge in [0.15, 0.2) is 0 Å². The Kier molecular flexibility index (Phi) is 5.29. The third-order valence-corrected chi connectivity index (χ3v) is 2.67. The first-order valence-corrected chi connectivity index (χ1v) is 5.66. The molecule has 0 amide bonds. The summed E-state index contributed by atoms with van der Waals surface area (Å²) >= 11 is 0. The Hall–Kier alpha value is -1.06. The van der Waals surface area contributed by atoms with Crippen molar-refractivity contribution in [2.24, 2.45) is 5.73 Å². The number of nitrogens with zero attached hydrogens (tertiary/aromatic N) is 1. The molecule has 3 nitrogen and oxygen atoms in total. The van der Waals surface area contributed by atoms with Crippen molar-refractivity contribution < 1.29 is 4.74 Å².